The molecule has 0 amide bonds. The number of rotatable bonds is 8. The maximum absolute atomic E-state index is 12.6. The summed E-state index contributed by atoms with van der Waals surface area (Å²) in [4.78, 5) is 30.0. The summed E-state index contributed by atoms with van der Waals surface area (Å²) < 4.78 is 10.1. The maximum Gasteiger partial charge on any atom is 0.528 e. The number of hydroxylamine groups is 2. The van der Waals surface area contributed by atoms with E-state index in [1.165, 1.54) is 24.3 Å². The smallest absolute Gasteiger partial charge is 0.508 e. The number of aliphatic hydroxyl groups is 1. The average Bonchev–Trinajstić information content (AvgIpc) is 2.58. The molecule has 0 heterocycles. The third-order valence-corrected chi connectivity index (χ3v) is 3.75. The van der Waals surface area contributed by atoms with Crippen LogP contribution in [0.4, 0.5) is 4.79 Å². The number of aromatic hydroxyl groups is 1. The van der Waals surface area contributed by atoms with Crippen molar-refractivity contribution in [3.63, 3.8) is 0 Å². The van der Waals surface area contributed by atoms with E-state index in [4.69, 9.17) is 14.3 Å². The summed E-state index contributed by atoms with van der Waals surface area (Å²) >= 11 is 0. The number of phenolic OH excluding ortho intramolecular Hbond substituents is 1. The van der Waals surface area contributed by atoms with Gasteiger partial charge in [0.25, 0.3) is 0 Å². The Balaban J connectivity index is 3.14. The third-order valence-electron chi connectivity index (χ3n) is 3.75. The van der Waals surface area contributed by atoms with Crippen LogP contribution in [0.3, 0.4) is 0 Å². The molecule has 2 N–H and O–H groups in total. The van der Waals surface area contributed by atoms with E-state index in [0.717, 1.165) is 5.56 Å². The van der Waals surface area contributed by atoms with E-state index in [1.807, 2.05) is 0 Å². The number of methoxy groups -OCH3 is 1. The van der Waals surface area contributed by atoms with Crippen LogP contribution in [0.25, 0.3) is 0 Å². The summed E-state index contributed by atoms with van der Waals surface area (Å²) in [5, 5.41) is 19.8. The molecule has 0 radical (unpaired) electrons. The van der Waals surface area contributed by atoms with Gasteiger partial charge in [-0.25, -0.2) is 9.59 Å². The van der Waals surface area contributed by atoms with E-state index >= 15 is 0 Å². The zero-order chi connectivity index (χ0) is 20.7. The second kappa shape index (κ2) is 9.57. The molecule has 0 saturated carbocycles. The summed E-state index contributed by atoms with van der Waals surface area (Å²) in [6.07, 6.45) is -0.541. The van der Waals surface area contributed by atoms with Gasteiger partial charge in [-0.2, -0.15) is 0 Å². The Labute approximate surface area is 159 Å². The summed E-state index contributed by atoms with van der Waals surface area (Å²) in [6.45, 7) is 6.62. The predicted octanol–water partition coefficient (Wildman–Crippen LogP) is 2.42. The standard InChI is InChI=1S/C19H29NO7/c1-18(2,3)26-17(24)27-20(11-6-12-21)19(4,16(23)25-5)13-14-7-9-15(22)10-8-14/h7-10,21-22H,6,11-13H2,1-5H3/t19-/m0/s1. The van der Waals surface area contributed by atoms with Gasteiger partial charge in [-0.05, 0) is 51.8 Å². The number of ether oxygens (including phenoxy) is 2. The van der Waals surface area contributed by atoms with Crippen LogP contribution < -0.4 is 0 Å². The van der Waals surface area contributed by atoms with Gasteiger partial charge in [0.1, 0.15) is 11.4 Å². The number of esters is 1. The van der Waals surface area contributed by atoms with Crippen LogP contribution in [0.1, 0.15) is 39.7 Å². The first kappa shape index (κ1) is 22.7. The lowest BCUT2D eigenvalue weighted by molar-refractivity contribution is -0.210. The summed E-state index contributed by atoms with van der Waals surface area (Å²) in [5.74, 6) is -0.516. The van der Waals surface area contributed by atoms with E-state index in [-0.39, 0.29) is 31.7 Å². The van der Waals surface area contributed by atoms with Crippen molar-refractivity contribution in [2.75, 3.05) is 20.3 Å². The predicted molar refractivity (Wildman–Crippen MR) is 98.0 cm³/mol. The quantitative estimate of drug-likeness (QED) is 0.521. The van der Waals surface area contributed by atoms with Crippen LogP contribution in [0.5, 0.6) is 5.75 Å². The van der Waals surface area contributed by atoms with Gasteiger partial charge in [-0.15, -0.1) is 5.06 Å². The fourth-order valence-electron chi connectivity index (χ4n) is 2.46. The molecule has 0 aliphatic heterocycles. The molecule has 1 aromatic rings. The van der Waals surface area contributed by atoms with Crippen molar-refractivity contribution >= 4 is 12.1 Å². The molecular weight excluding hydrogens is 354 g/mol. The Morgan fingerprint density at radius 2 is 1.70 bits per heavy atom. The van der Waals surface area contributed by atoms with Crippen molar-refractivity contribution in [2.45, 2.75) is 51.7 Å². The molecule has 0 spiro atoms. The number of aliphatic hydroxyl groups excluding tert-OH is 1. The molecule has 1 rings (SSSR count). The molecule has 0 unspecified atom stereocenters. The molecule has 0 aromatic heterocycles. The molecule has 0 fully saturated rings. The molecule has 152 valence electrons. The van der Waals surface area contributed by atoms with Crippen LogP contribution in [-0.4, -0.2) is 58.8 Å². The van der Waals surface area contributed by atoms with Crippen molar-refractivity contribution in [2.24, 2.45) is 0 Å². The van der Waals surface area contributed by atoms with E-state index in [1.54, 1.807) is 39.8 Å². The molecule has 27 heavy (non-hydrogen) atoms. The number of benzene rings is 1. The minimum Gasteiger partial charge on any atom is -0.508 e. The Morgan fingerprint density at radius 1 is 1.11 bits per heavy atom. The van der Waals surface area contributed by atoms with Gasteiger partial charge in [-0.1, -0.05) is 12.1 Å². The van der Waals surface area contributed by atoms with E-state index in [2.05, 4.69) is 0 Å². The van der Waals surface area contributed by atoms with Crippen LogP contribution in [0.2, 0.25) is 0 Å². The van der Waals surface area contributed by atoms with Crippen molar-refractivity contribution in [1.82, 2.24) is 5.06 Å². The lowest BCUT2D eigenvalue weighted by atomic mass is 9.92. The SMILES string of the molecule is COC(=O)[C@](C)(Cc1ccc(O)cc1)N(CCCO)OC(=O)OC(C)(C)C. The molecule has 1 atom stereocenters. The lowest BCUT2D eigenvalue weighted by Crippen LogP contribution is -2.56. The Morgan fingerprint density at radius 3 is 2.19 bits per heavy atom. The van der Waals surface area contributed by atoms with Gasteiger partial charge in [0.15, 0.2) is 5.54 Å². The second-order valence-electron chi connectivity index (χ2n) is 7.34. The molecular formula is C19H29NO7. The fourth-order valence-corrected chi connectivity index (χ4v) is 2.46. The van der Waals surface area contributed by atoms with E-state index in [0.29, 0.717) is 0 Å². The summed E-state index contributed by atoms with van der Waals surface area (Å²) in [5.41, 5.74) is -1.40. The van der Waals surface area contributed by atoms with Gasteiger partial charge in [0, 0.05) is 19.6 Å². The van der Waals surface area contributed by atoms with Crippen molar-refractivity contribution in [1.29, 1.82) is 0 Å². The molecule has 8 heteroatoms. The number of hydrogen-bond donors (Lipinski definition) is 2. The average molecular weight is 383 g/mol. The van der Waals surface area contributed by atoms with Crippen molar-refractivity contribution < 1.29 is 34.1 Å². The molecule has 0 saturated heterocycles. The Bertz CT molecular complexity index is 624. The maximum atomic E-state index is 12.6. The molecule has 1 aromatic carbocycles. The third kappa shape index (κ3) is 7.07. The highest BCUT2D eigenvalue weighted by Gasteiger charge is 2.44. The first-order valence-corrected chi connectivity index (χ1v) is 8.67. The highest BCUT2D eigenvalue weighted by atomic mass is 16.8. The molecule has 8 nitrogen and oxygen atoms in total. The minimum atomic E-state index is -1.36. The normalized spacial score (nSPS) is 13.7. The zero-order valence-corrected chi connectivity index (χ0v) is 16.5. The lowest BCUT2D eigenvalue weighted by Gasteiger charge is -2.37. The number of nitrogens with zero attached hydrogens (tertiary/aromatic N) is 1. The van der Waals surface area contributed by atoms with Gasteiger partial charge in [-0.3, -0.25) is 0 Å². The highest BCUT2D eigenvalue weighted by Crippen LogP contribution is 2.25. The molecule has 0 bridgehead atoms. The number of carbonyl (C=O) groups is 2. The number of phenols is 1. The topological polar surface area (TPSA) is 106 Å². The minimum absolute atomic E-state index is 0.0967. The fraction of sp³-hybridized carbons (Fsp3) is 0.579. The van der Waals surface area contributed by atoms with E-state index < -0.39 is 23.3 Å². The first-order valence-electron chi connectivity index (χ1n) is 8.67. The Hall–Kier alpha value is -2.32. The number of hydrogen-bond acceptors (Lipinski definition) is 8. The van der Waals surface area contributed by atoms with Gasteiger partial charge >= 0.3 is 12.1 Å². The van der Waals surface area contributed by atoms with Crippen molar-refractivity contribution in [3.8, 4) is 5.75 Å². The Kier molecular flexibility index (Phi) is 8.05. The van der Waals surface area contributed by atoms with Crippen LogP contribution in [0, 0.1) is 0 Å². The van der Waals surface area contributed by atoms with Gasteiger partial charge in [0.2, 0.25) is 0 Å². The van der Waals surface area contributed by atoms with Crippen LogP contribution >= 0.6 is 0 Å². The molecule has 0 aliphatic carbocycles. The first-order chi connectivity index (χ1) is 12.5. The monoisotopic (exact) mass is 383 g/mol. The summed E-state index contributed by atoms with van der Waals surface area (Å²) in [6, 6.07) is 6.32. The highest BCUT2D eigenvalue weighted by molar-refractivity contribution is 5.80. The summed E-state index contributed by atoms with van der Waals surface area (Å²) in [7, 11) is 1.25. The van der Waals surface area contributed by atoms with E-state index in [9.17, 15) is 19.8 Å². The second-order valence-corrected chi connectivity index (χ2v) is 7.34. The zero-order valence-electron chi connectivity index (χ0n) is 16.5. The van der Waals surface area contributed by atoms with Gasteiger partial charge < -0.3 is 24.5 Å². The van der Waals surface area contributed by atoms with Crippen LogP contribution in [0.15, 0.2) is 24.3 Å². The number of carbonyl (C=O) groups excluding carboxylic acids is 2. The molecule has 0 aliphatic rings. The van der Waals surface area contributed by atoms with Gasteiger partial charge in [0.05, 0.1) is 7.11 Å². The van der Waals surface area contributed by atoms with Crippen molar-refractivity contribution in [3.05, 3.63) is 29.8 Å². The largest absolute Gasteiger partial charge is 0.528 e. The van der Waals surface area contributed by atoms with Crippen LogP contribution in [-0.2, 0) is 25.5 Å².